The van der Waals surface area contributed by atoms with Crippen LogP contribution in [0.5, 0.6) is 0 Å². The number of hydrogen-bond donors (Lipinski definition) is 1. The van der Waals surface area contributed by atoms with Gasteiger partial charge in [0.1, 0.15) is 5.69 Å². The zero-order chi connectivity index (χ0) is 12.5. The second-order valence-corrected chi connectivity index (χ2v) is 4.69. The molecule has 1 unspecified atom stereocenters. The fourth-order valence-electron chi connectivity index (χ4n) is 1.94. The second-order valence-electron chi connectivity index (χ2n) is 4.69. The summed E-state index contributed by atoms with van der Waals surface area (Å²) in [4.78, 5) is 17.3. The standard InChI is InChI=1S/C13H15N5/c1-8(14)11-12(16-5-4-15-11)13-17-6-10(7-18-13)9-2-3-9/h4-9H,2-3,14H2,1H3. The van der Waals surface area contributed by atoms with Gasteiger partial charge in [0.05, 0.1) is 5.69 Å². The zero-order valence-electron chi connectivity index (χ0n) is 10.2. The summed E-state index contributed by atoms with van der Waals surface area (Å²) in [6.07, 6.45) is 9.55. The average molecular weight is 241 g/mol. The maximum atomic E-state index is 5.88. The molecule has 0 bridgehead atoms. The number of rotatable bonds is 3. The molecule has 0 spiro atoms. The number of aromatic nitrogens is 4. The van der Waals surface area contributed by atoms with Gasteiger partial charge in [-0.05, 0) is 31.2 Å². The normalized spacial score (nSPS) is 16.6. The zero-order valence-corrected chi connectivity index (χ0v) is 10.2. The van der Waals surface area contributed by atoms with Crippen molar-refractivity contribution in [2.24, 2.45) is 5.73 Å². The van der Waals surface area contributed by atoms with Gasteiger partial charge in [0.25, 0.3) is 0 Å². The van der Waals surface area contributed by atoms with Crippen LogP contribution in [0.2, 0.25) is 0 Å². The summed E-state index contributed by atoms with van der Waals surface area (Å²) in [6, 6.07) is -0.180. The minimum atomic E-state index is -0.180. The van der Waals surface area contributed by atoms with Gasteiger partial charge in [0.2, 0.25) is 0 Å². The monoisotopic (exact) mass is 241 g/mol. The molecule has 0 aromatic carbocycles. The molecule has 0 aliphatic heterocycles. The van der Waals surface area contributed by atoms with Crippen LogP contribution in [-0.2, 0) is 0 Å². The molecule has 2 N–H and O–H groups in total. The van der Waals surface area contributed by atoms with Crippen LogP contribution in [0.4, 0.5) is 0 Å². The van der Waals surface area contributed by atoms with E-state index in [0.29, 0.717) is 17.4 Å². The van der Waals surface area contributed by atoms with E-state index in [9.17, 15) is 0 Å². The van der Waals surface area contributed by atoms with Gasteiger partial charge >= 0.3 is 0 Å². The molecule has 1 fully saturated rings. The molecule has 1 atom stereocenters. The molecule has 0 amide bonds. The Labute approximate surface area is 106 Å². The quantitative estimate of drug-likeness (QED) is 0.887. The first kappa shape index (κ1) is 11.2. The summed E-state index contributed by atoms with van der Waals surface area (Å²) in [5.41, 5.74) is 8.50. The number of nitrogens with zero attached hydrogens (tertiary/aromatic N) is 4. The van der Waals surface area contributed by atoms with Gasteiger partial charge in [-0.25, -0.2) is 15.0 Å². The third kappa shape index (κ3) is 2.09. The van der Waals surface area contributed by atoms with Crippen molar-refractivity contribution in [3.8, 4) is 11.5 Å². The molecule has 5 nitrogen and oxygen atoms in total. The van der Waals surface area contributed by atoms with E-state index in [1.165, 1.54) is 18.4 Å². The van der Waals surface area contributed by atoms with Gasteiger partial charge in [0, 0.05) is 30.8 Å². The third-order valence-electron chi connectivity index (χ3n) is 3.09. The van der Waals surface area contributed by atoms with Crippen LogP contribution in [0.15, 0.2) is 24.8 Å². The summed E-state index contributed by atoms with van der Waals surface area (Å²) < 4.78 is 0. The largest absolute Gasteiger partial charge is 0.323 e. The van der Waals surface area contributed by atoms with E-state index in [1.54, 1.807) is 12.4 Å². The predicted octanol–water partition coefficient (Wildman–Crippen LogP) is 1.83. The Morgan fingerprint density at radius 1 is 1.11 bits per heavy atom. The van der Waals surface area contributed by atoms with E-state index in [2.05, 4.69) is 19.9 Å². The average Bonchev–Trinajstić information content (AvgIpc) is 3.23. The molecular formula is C13H15N5. The summed E-state index contributed by atoms with van der Waals surface area (Å²) in [6.45, 7) is 1.88. The molecule has 1 aliphatic carbocycles. The number of hydrogen-bond acceptors (Lipinski definition) is 5. The van der Waals surface area contributed by atoms with Crippen molar-refractivity contribution in [1.82, 2.24) is 19.9 Å². The number of nitrogens with two attached hydrogens (primary N) is 1. The lowest BCUT2D eigenvalue weighted by Gasteiger charge is -2.09. The van der Waals surface area contributed by atoms with Gasteiger partial charge in [-0.2, -0.15) is 0 Å². The van der Waals surface area contributed by atoms with Crippen LogP contribution in [0.1, 0.15) is 43.0 Å². The Bertz CT molecular complexity index is 546. The maximum absolute atomic E-state index is 5.88. The Morgan fingerprint density at radius 3 is 2.39 bits per heavy atom. The van der Waals surface area contributed by atoms with Crippen LogP contribution in [0, 0.1) is 0 Å². The van der Waals surface area contributed by atoms with Crippen molar-refractivity contribution in [1.29, 1.82) is 0 Å². The van der Waals surface area contributed by atoms with Crippen molar-refractivity contribution in [3.05, 3.63) is 36.0 Å². The molecule has 5 heteroatoms. The molecular weight excluding hydrogens is 226 g/mol. The van der Waals surface area contributed by atoms with Crippen LogP contribution in [0.25, 0.3) is 11.5 Å². The summed E-state index contributed by atoms with van der Waals surface area (Å²) >= 11 is 0. The highest BCUT2D eigenvalue weighted by molar-refractivity contribution is 5.52. The molecule has 1 aliphatic rings. The minimum absolute atomic E-state index is 0.180. The molecule has 0 radical (unpaired) electrons. The highest BCUT2D eigenvalue weighted by Crippen LogP contribution is 2.39. The summed E-state index contributed by atoms with van der Waals surface area (Å²) in [5, 5.41) is 0. The maximum Gasteiger partial charge on any atom is 0.180 e. The molecule has 18 heavy (non-hydrogen) atoms. The predicted molar refractivity (Wildman–Crippen MR) is 67.6 cm³/mol. The van der Waals surface area contributed by atoms with E-state index < -0.39 is 0 Å². The molecule has 0 saturated heterocycles. The van der Waals surface area contributed by atoms with Crippen molar-refractivity contribution >= 4 is 0 Å². The first-order chi connectivity index (χ1) is 8.75. The second kappa shape index (κ2) is 4.42. The Morgan fingerprint density at radius 2 is 1.78 bits per heavy atom. The van der Waals surface area contributed by atoms with Gasteiger partial charge in [-0.15, -0.1) is 0 Å². The van der Waals surface area contributed by atoms with E-state index in [4.69, 9.17) is 5.73 Å². The Balaban J connectivity index is 1.98. The first-order valence-electron chi connectivity index (χ1n) is 6.14. The lowest BCUT2D eigenvalue weighted by molar-refractivity contribution is 0.773. The van der Waals surface area contributed by atoms with E-state index in [1.807, 2.05) is 19.3 Å². The molecule has 2 heterocycles. The molecule has 1 saturated carbocycles. The Kier molecular flexibility index (Phi) is 2.76. The van der Waals surface area contributed by atoms with E-state index in [0.717, 1.165) is 5.69 Å². The minimum Gasteiger partial charge on any atom is -0.323 e. The topological polar surface area (TPSA) is 77.6 Å². The molecule has 2 aromatic heterocycles. The van der Waals surface area contributed by atoms with Crippen molar-refractivity contribution in [2.45, 2.75) is 31.7 Å². The molecule has 92 valence electrons. The van der Waals surface area contributed by atoms with Gasteiger partial charge in [0.15, 0.2) is 5.82 Å². The van der Waals surface area contributed by atoms with Gasteiger partial charge < -0.3 is 5.73 Å². The first-order valence-corrected chi connectivity index (χ1v) is 6.14. The SMILES string of the molecule is CC(N)c1nccnc1-c1ncc(C2CC2)cn1. The highest BCUT2D eigenvalue weighted by atomic mass is 14.9. The lowest BCUT2D eigenvalue weighted by Crippen LogP contribution is -2.11. The van der Waals surface area contributed by atoms with Crippen LogP contribution >= 0.6 is 0 Å². The Hall–Kier alpha value is -1.88. The molecule has 3 rings (SSSR count). The smallest absolute Gasteiger partial charge is 0.180 e. The third-order valence-corrected chi connectivity index (χ3v) is 3.09. The van der Waals surface area contributed by atoms with Crippen LogP contribution in [0.3, 0.4) is 0 Å². The fraction of sp³-hybridized carbons (Fsp3) is 0.385. The van der Waals surface area contributed by atoms with Crippen LogP contribution < -0.4 is 5.73 Å². The van der Waals surface area contributed by atoms with Crippen molar-refractivity contribution in [2.75, 3.05) is 0 Å². The van der Waals surface area contributed by atoms with Gasteiger partial charge in [-0.1, -0.05) is 0 Å². The van der Waals surface area contributed by atoms with Gasteiger partial charge in [-0.3, -0.25) is 4.98 Å². The lowest BCUT2D eigenvalue weighted by atomic mass is 10.1. The van der Waals surface area contributed by atoms with Crippen molar-refractivity contribution in [3.63, 3.8) is 0 Å². The van der Waals surface area contributed by atoms with Crippen molar-refractivity contribution < 1.29 is 0 Å². The fourth-order valence-corrected chi connectivity index (χ4v) is 1.94. The summed E-state index contributed by atoms with van der Waals surface area (Å²) in [5.74, 6) is 1.26. The summed E-state index contributed by atoms with van der Waals surface area (Å²) in [7, 11) is 0. The highest BCUT2D eigenvalue weighted by Gasteiger charge is 2.24. The van der Waals surface area contributed by atoms with E-state index in [-0.39, 0.29) is 6.04 Å². The van der Waals surface area contributed by atoms with E-state index >= 15 is 0 Å². The van der Waals surface area contributed by atoms with Crippen LogP contribution in [-0.4, -0.2) is 19.9 Å². The molecule has 2 aromatic rings.